The Labute approximate surface area is 241 Å². The molecule has 3 aromatic rings. The van der Waals surface area contributed by atoms with Crippen molar-refractivity contribution < 1.29 is 53.2 Å². The average molecular weight is 651 g/mol. The number of benzene rings is 3. The Kier molecular flexibility index (Phi) is 9.20. The van der Waals surface area contributed by atoms with Crippen LogP contribution in [0.15, 0.2) is 82.6 Å². The van der Waals surface area contributed by atoms with E-state index >= 15 is 0 Å². The molecule has 0 aromatic heterocycles. The van der Waals surface area contributed by atoms with Crippen LogP contribution in [-0.2, 0) is 25.5 Å². The van der Waals surface area contributed by atoms with E-state index in [9.17, 15) is 58.4 Å². The number of alkyl halides is 6. The van der Waals surface area contributed by atoms with Gasteiger partial charge >= 0.3 is 12.4 Å². The minimum atomic E-state index is -5.65. The van der Waals surface area contributed by atoms with Crippen LogP contribution in [0.3, 0.4) is 0 Å². The van der Waals surface area contributed by atoms with Gasteiger partial charge in [0.05, 0.1) is 26.8 Å². The maximum Gasteiger partial charge on any atom is 0.433 e. The van der Waals surface area contributed by atoms with Crippen LogP contribution in [-0.4, -0.2) is 52.0 Å². The molecule has 0 bridgehead atoms. The lowest BCUT2D eigenvalue weighted by Gasteiger charge is -2.32. The number of nitrogens with zero attached hydrogens (tertiary/aromatic N) is 2. The number of hydrogen-bond donors (Lipinski definition) is 1. The molecular weight excluding hydrogens is 630 g/mol. The van der Waals surface area contributed by atoms with E-state index in [1.54, 1.807) is 5.92 Å². The monoisotopic (exact) mass is 650 g/mol. The molecule has 43 heavy (non-hydrogen) atoms. The van der Waals surface area contributed by atoms with Crippen molar-refractivity contribution in [2.45, 2.75) is 34.2 Å². The predicted octanol–water partition coefficient (Wildman–Crippen LogP) is 4.95. The highest BCUT2D eigenvalue weighted by molar-refractivity contribution is 7.92. The Morgan fingerprint density at radius 2 is 1.49 bits per heavy atom. The third-order valence-corrected chi connectivity index (χ3v) is 8.80. The summed E-state index contributed by atoms with van der Waals surface area (Å²) >= 11 is 0. The number of sulfonamides is 1. The van der Waals surface area contributed by atoms with Crippen molar-refractivity contribution in [1.82, 2.24) is 0 Å². The number of hydrogen-bond acceptors (Lipinski definition) is 7. The Bertz CT molecular complexity index is 1800. The summed E-state index contributed by atoms with van der Waals surface area (Å²) in [5.74, 6) is 3.65. The molecule has 230 valence electrons. The van der Waals surface area contributed by atoms with Crippen molar-refractivity contribution in [3.63, 3.8) is 0 Å². The zero-order chi connectivity index (χ0) is 32.4. The first-order valence-corrected chi connectivity index (χ1v) is 15.1. The van der Waals surface area contributed by atoms with Crippen molar-refractivity contribution in [2.75, 3.05) is 17.1 Å². The molecule has 0 saturated heterocycles. The van der Waals surface area contributed by atoms with Crippen LogP contribution < -0.4 is 4.31 Å². The molecule has 0 aliphatic rings. The third-order valence-electron chi connectivity index (χ3n) is 5.86. The van der Waals surface area contributed by atoms with Gasteiger partial charge in [-0.1, -0.05) is 30.2 Å². The number of nitro groups is 1. The lowest BCUT2D eigenvalue weighted by Crippen LogP contribution is -2.43. The number of rotatable bonds is 8. The number of aliphatic hydroxyl groups is 1. The summed E-state index contributed by atoms with van der Waals surface area (Å²) in [4.78, 5) is 9.12. The topological polar surface area (TPSA) is 135 Å². The van der Waals surface area contributed by atoms with Gasteiger partial charge in [0, 0.05) is 36.1 Å². The summed E-state index contributed by atoms with van der Waals surface area (Å²) in [6.45, 7) is -1.46. The van der Waals surface area contributed by atoms with E-state index in [1.165, 1.54) is 0 Å². The molecule has 3 rings (SSSR count). The fraction of sp³-hybridized carbons (Fsp3) is 0.231. The SMILES string of the molecule is CS(=O)(=O)c1ccc(C#CC(O)(c2ccccc2N(CCC(F)(F)F)S(=O)(=O)c2cccc([N+](=O)[O-])c2)C(F)(F)F)cc1. The Balaban J connectivity index is 2.26. The first kappa shape index (κ1) is 33.4. The normalized spacial score (nSPS) is 13.9. The lowest BCUT2D eigenvalue weighted by atomic mass is 9.91. The zero-order valence-electron chi connectivity index (χ0n) is 21.7. The number of sulfone groups is 1. The molecule has 1 atom stereocenters. The van der Waals surface area contributed by atoms with Crippen LogP contribution in [0.5, 0.6) is 0 Å². The van der Waals surface area contributed by atoms with Crippen LogP contribution in [0.1, 0.15) is 17.5 Å². The second-order valence-corrected chi connectivity index (χ2v) is 12.8. The molecule has 0 spiro atoms. The van der Waals surface area contributed by atoms with Gasteiger partial charge in [-0.05, 0) is 42.3 Å². The van der Waals surface area contributed by atoms with Gasteiger partial charge in [0.15, 0.2) is 9.84 Å². The Morgan fingerprint density at radius 3 is 2.02 bits per heavy atom. The van der Waals surface area contributed by atoms with Gasteiger partial charge in [-0.25, -0.2) is 16.8 Å². The highest BCUT2D eigenvalue weighted by Crippen LogP contribution is 2.44. The van der Waals surface area contributed by atoms with Gasteiger partial charge in [-0.3, -0.25) is 14.4 Å². The van der Waals surface area contributed by atoms with Gasteiger partial charge < -0.3 is 5.11 Å². The molecular formula is C26H20F6N2O7S2. The van der Waals surface area contributed by atoms with Crippen LogP contribution in [0, 0.1) is 22.0 Å². The number of nitro benzene ring substituents is 1. The molecule has 3 aromatic carbocycles. The fourth-order valence-corrected chi connectivity index (χ4v) is 5.87. The van der Waals surface area contributed by atoms with E-state index in [1.807, 2.05) is 5.92 Å². The number of non-ortho nitro benzene ring substituents is 1. The predicted molar refractivity (Wildman–Crippen MR) is 141 cm³/mol. The third kappa shape index (κ3) is 7.63. The maximum atomic E-state index is 14.4. The van der Waals surface area contributed by atoms with Crippen molar-refractivity contribution in [1.29, 1.82) is 0 Å². The second kappa shape index (κ2) is 11.9. The molecule has 0 heterocycles. The fourth-order valence-electron chi connectivity index (χ4n) is 3.72. The maximum absolute atomic E-state index is 14.4. The molecule has 9 nitrogen and oxygen atoms in total. The van der Waals surface area contributed by atoms with Crippen LogP contribution >= 0.6 is 0 Å². The van der Waals surface area contributed by atoms with E-state index in [0.29, 0.717) is 12.1 Å². The summed E-state index contributed by atoms with van der Waals surface area (Å²) < 4.78 is 133. The van der Waals surface area contributed by atoms with Gasteiger partial charge in [0.1, 0.15) is 0 Å². The van der Waals surface area contributed by atoms with Gasteiger partial charge in [0.2, 0.25) is 0 Å². The van der Waals surface area contributed by atoms with Crippen molar-refractivity contribution in [3.8, 4) is 11.8 Å². The average Bonchev–Trinajstić information content (AvgIpc) is 2.90. The lowest BCUT2D eigenvalue weighted by molar-refractivity contribution is -0.385. The van der Waals surface area contributed by atoms with Crippen LogP contribution in [0.4, 0.5) is 37.7 Å². The zero-order valence-corrected chi connectivity index (χ0v) is 23.4. The molecule has 0 aliphatic carbocycles. The molecule has 0 saturated carbocycles. The summed E-state index contributed by atoms with van der Waals surface area (Å²) in [6, 6.07) is 10.6. The molecule has 0 radical (unpaired) electrons. The number of anilines is 1. The highest BCUT2D eigenvalue weighted by Gasteiger charge is 2.56. The summed E-state index contributed by atoms with van der Waals surface area (Å²) in [6.07, 6.45) is -11.6. The Hall–Kier alpha value is -4.14. The van der Waals surface area contributed by atoms with Gasteiger partial charge in [-0.2, -0.15) is 26.3 Å². The molecule has 1 unspecified atom stereocenters. The largest absolute Gasteiger partial charge is 0.433 e. The van der Waals surface area contributed by atoms with Crippen molar-refractivity contribution >= 4 is 31.2 Å². The highest BCUT2D eigenvalue weighted by atomic mass is 32.2. The Morgan fingerprint density at radius 1 is 0.884 bits per heavy atom. The molecule has 17 heteroatoms. The minimum Gasteiger partial charge on any atom is -0.366 e. The van der Waals surface area contributed by atoms with E-state index in [2.05, 4.69) is 0 Å². The molecule has 1 N–H and O–H groups in total. The number of para-hydroxylation sites is 1. The summed E-state index contributed by atoms with van der Waals surface area (Å²) in [5.41, 5.74) is -7.39. The van der Waals surface area contributed by atoms with Crippen LogP contribution in [0.2, 0.25) is 0 Å². The van der Waals surface area contributed by atoms with Crippen molar-refractivity contribution in [3.05, 3.63) is 94.0 Å². The quantitative estimate of drug-likeness (QED) is 0.158. The number of halogens is 6. The van der Waals surface area contributed by atoms with Crippen LogP contribution in [0.25, 0.3) is 0 Å². The second-order valence-electron chi connectivity index (χ2n) is 8.97. The van der Waals surface area contributed by atoms with Gasteiger partial charge in [-0.15, -0.1) is 0 Å². The molecule has 0 amide bonds. The summed E-state index contributed by atoms with van der Waals surface area (Å²) in [7, 11) is -8.86. The summed E-state index contributed by atoms with van der Waals surface area (Å²) in [5, 5.41) is 22.1. The standard InChI is InChI=1S/C26H20F6N2O7S2/c1-42(38,39)20-11-9-18(10-12-20)13-14-24(35,26(30,31)32)22-7-2-3-8-23(22)33(16-15-25(27,28)29)43(40,41)21-6-4-5-19(17-21)34(36)37/h2-12,17,35H,15-16H2,1H3. The van der Waals surface area contributed by atoms with E-state index < -0.39 is 77.5 Å². The van der Waals surface area contributed by atoms with Gasteiger partial charge in [0.25, 0.3) is 21.3 Å². The van der Waals surface area contributed by atoms with E-state index in [0.717, 1.165) is 66.9 Å². The first-order chi connectivity index (χ1) is 19.7. The molecule has 0 fully saturated rings. The smallest absolute Gasteiger partial charge is 0.366 e. The van der Waals surface area contributed by atoms with Crippen molar-refractivity contribution in [2.24, 2.45) is 0 Å². The van der Waals surface area contributed by atoms with E-state index in [4.69, 9.17) is 0 Å². The van der Waals surface area contributed by atoms with E-state index in [-0.39, 0.29) is 14.8 Å². The first-order valence-electron chi connectivity index (χ1n) is 11.7. The molecule has 0 aliphatic heterocycles. The minimum absolute atomic E-state index is 0.0336.